The van der Waals surface area contributed by atoms with Gasteiger partial charge in [-0.3, -0.25) is 4.79 Å². The van der Waals surface area contributed by atoms with Crippen LogP contribution in [0.4, 0.5) is 0 Å². The number of hydrogen-bond acceptors (Lipinski definition) is 4. The van der Waals surface area contributed by atoms with Gasteiger partial charge in [0.05, 0.1) is 12.9 Å². The number of nitrogens with zero attached hydrogens (tertiary/aromatic N) is 1. The van der Waals surface area contributed by atoms with Crippen molar-refractivity contribution in [2.24, 2.45) is 0 Å². The van der Waals surface area contributed by atoms with Gasteiger partial charge in [0.2, 0.25) is 5.91 Å². The number of hydrogen-bond donors (Lipinski definition) is 0. The Kier molecular flexibility index (Phi) is 9.05. The first-order valence-corrected chi connectivity index (χ1v) is 11.9. The minimum atomic E-state index is 0.136. The Morgan fingerprint density at radius 2 is 1.62 bits per heavy atom. The number of rotatable bonds is 11. The summed E-state index contributed by atoms with van der Waals surface area (Å²) in [6, 6.07) is 26.1. The van der Waals surface area contributed by atoms with Gasteiger partial charge in [0.1, 0.15) is 6.61 Å². The molecule has 4 nitrogen and oxygen atoms in total. The molecule has 1 atom stereocenters. The summed E-state index contributed by atoms with van der Waals surface area (Å²) >= 11 is 1.57. The molecule has 0 N–H and O–H groups in total. The van der Waals surface area contributed by atoms with Crippen molar-refractivity contribution in [1.82, 2.24) is 4.90 Å². The summed E-state index contributed by atoms with van der Waals surface area (Å²) in [6.45, 7) is 5.22. The van der Waals surface area contributed by atoms with Gasteiger partial charge in [0.25, 0.3) is 0 Å². The summed E-state index contributed by atoms with van der Waals surface area (Å²) < 4.78 is 11.5. The van der Waals surface area contributed by atoms with Crippen LogP contribution in [0.3, 0.4) is 0 Å². The third kappa shape index (κ3) is 6.79. The maximum Gasteiger partial charge on any atom is 0.233 e. The number of carbonyl (C=O) groups excluding carboxylic acids is 1. The van der Waals surface area contributed by atoms with Crippen LogP contribution in [0.5, 0.6) is 11.5 Å². The molecule has 0 aliphatic heterocycles. The Hall–Kier alpha value is -2.92. The fourth-order valence-electron chi connectivity index (χ4n) is 3.32. The van der Waals surface area contributed by atoms with E-state index in [1.165, 1.54) is 0 Å². The van der Waals surface area contributed by atoms with E-state index >= 15 is 0 Å². The third-order valence-electron chi connectivity index (χ3n) is 5.37. The predicted octanol–water partition coefficient (Wildman–Crippen LogP) is 6.19. The van der Waals surface area contributed by atoms with Crippen molar-refractivity contribution >= 4 is 17.7 Å². The fourth-order valence-corrected chi connectivity index (χ4v) is 4.12. The molecule has 0 aliphatic rings. The van der Waals surface area contributed by atoms with Crippen molar-refractivity contribution in [2.45, 2.75) is 44.4 Å². The van der Waals surface area contributed by atoms with Crippen molar-refractivity contribution in [3.8, 4) is 11.5 Å². The molecule has 0 heterocycles. The van der Waals surface area contributed by atoms with Crippen LogP contribution in [0.15, 0.2) is 83.8 Å². The van der Waals surface area contributed by atoms with Gasteiger partial charge in [0, 0.05) is 17.5 Å². The average molecular weight is 450 g/mol. The van der Waals surface area contributed by atoms with E-state index in [0.717, 1.165) is 22.4 Å². The van der Waals surface area contributed by atoms with E-state index in [0.29, 0.717) is 30.4 Å². The lowest BCUT2D eigenvalue weighted by Gasteiger charge is -2.29. The first kappa shape index (κ1) is 23.7. The summed E-state index contributed by atoms with van der Waals surface area (Å²) in [5, 5.41) is 0. The molecule has 0 radical (unpaired) electrons. The lowest BCUT2D eigenvalue weighted by atomic mass is 10.1. The van der Waals surface area contributed by atoms with E-state index in [2.05, 4.69) is 13.8 Å². The molecule has 3 rings (SSSR count). The molecule has 0 bridgehead atoms. The van der Waals surface area contributed by atoms with Crippen molar-refractivity contribution in [1.29, 1.82) is 0 Å². The van der Waals surface area contributed by atoms with E-state index in [9.17, 15) is 4.79 Å². The highest BCUT2D eigenvalue weighted by Crippen LogP contribution is 2.30. The number of thioether (sulfide) groups is 1. The van der Waals surface area contributed by atoms with Crippen LogP contribution >= 0.6 is 11.8 Å². The highest BCUT2D eigenvalue weighted by atomic mass is 32.2. The molecule has 3 aromatic rings. The second-order valence-corrected chi connectivity index (χ2v) is 8.69. The SMILES string of the molecule is CCC(C)N(Cc1ccc(OCc2ccccc2)c(OC)c1)C(=O)CSc1ccccc1. The second-order valence-electron chi connectivity index (χ2n) is 7.64. The Bertz CT molecular complexity index is 979. The first-order valence-electron chi connectivity index (χ1n) is 10.9. The fraction of sp³-hybridized carbons (Fsp3) is 0.296. The number of amides is 1. The number of benzene rings is 3. The van der Waals surface area contributed by atoms with E-state index in [1.54, 1.807) is 18.9 Å². The minimum Gasteiger partial charge on any atom is -0.493 e. The number of ether oxygens (including phenoxy) is 2. The molecule has 3 aromatic carbocycles. The average Bonchev–Trinajstić information content (AvgIpc) is 2.85. The lowest BCUT2D eigenvalue weighted by molar-refractivity contribution is -0.131. The van der Waals surface area contributed by atoms with E-state index in [-0.39, 0.29) is 11.9 Å². The number of methoxy groups -OCH3 is 1. The molecule has 0 aromatic heterocycles. The molecule has 168 valence electrons. The Morgan fingerprint density at radius 3 is 2.28 bits per heavy atom. The Balaban J connectivity index is 1.67. The van der Waals surface area contributed by atoms with Crippen molar-refractivity contribution in [3.63, 3.8) is 0 Å². The summed E-state index contributed by atoms with van der Waals surface area (Å²) in [5.41, 5.74) is 2.12. The zero-order valence-electron chi connectivity index (χ0n) is 19.0. The highest BCUT2D eigenvalue weighted by molar-refractivity contribution is 8.00. The maximum absolute atomic E-state index is 13.1. The van der Waals surface area contributed by atoms with Gasteiger partial charge in [-0.05, 0) is 48.7 Å². The summed E-state index contributed by atoms with van der Waals surface area (Å²) in [5.74, 6) is 1.93. The van der Waals surface area contributed by atoms with Crippen LogP contribution in [-0.4, -0.2) is 29.7 Å². The van der Waals surface area contributed by atoms with Crippen LogP contribution in [-0.2, 0) is 17.9 Å². The van der Waals surface area contributed by atoms with Gasteiger partial charge >= 0.3 is 0 Å². The lowest BCUT2D eigenvalue weighted by Crippen LogP contribution is -2.38. The van der Waals surface area contributed by atoms with E-state index < -0.39 is 0 Å². The van der Waals surface area contributed by atoms with Gasteiger partial charge in [0.15, 0.2) is 11.5 Å². The van der Waals surface area contributed by atoms with Crippen LogP contribution < -0.4 is 9.47 Å². The van der Waals surface area contributed by atoms with Gasteiger partial charge in [-0.25, -0.2) is 0 Å². The molecule has 32 heavy (non-hydrogen) atoms. The standard InChI is InChI=1S/C27H31NO3S/c1-4-21(2)28(27(29)20-32-24-13-9-6-10-14-24)18-23-15-16-25(26(17-23)30-3)31-19-22-11-7-5-8-12-22/h5-17,21H,4,18-20H2,1-3H3. The molecule has 0 fully saturated rings. The van der Waals surface area contributed by atoms with Gasteiger partial charge in [-0.2, -0.15) is 0 Å². The molecule has 0 saturated heterocycles. The quantitative estimate of drug-likeness (QED) is 0.327. The van der Waals surface area contributed by atoms with Crippen molar-refractivity contribution in [3.05, 3.63) is 90.0 Å². The zero-order chi connectivity index (χ0) is 22.8. The first-order chi connectivity index (χ1) is 15.6. The van der Waals surface area contributed by atoms with Crippen LogP contribution in [0.1, 0.15) is 31.4 Å². The Labute approximate surface area is 195 Å². The predicted molar refractivity (Wildman–Crippen MR) is 131 cm³/mol. The second kappa shape index (κ2) is 12.2. The summed E-state index contributed by atoms with van der Waals surface area (Å²) in [4.78, 5) is 16.1. The molecule has 0 spiro atoms. The summed E-state index contributed by atoms with van der Waals surface area (Å²) in [7, 11) is 1.64. The van der Waals surface area contributed by atoms with Gasteiger partial charge in [-0.15, -0.1) is 11.8 Å². The van der Waals surface area contributed by atoms with Crippen molar-refractivity contribution < 1.29 is 14.3 Å². The minimum absolute atomic E-state index is 0.136. The highest BCUT2D eigenvalue weighted by Gasteiger charge is 2.20. The summed E-state index contributed by atoms with van der Waals surface area (Å²) in [6.07, 6.45) is 0.900. The zero-order valence-corrected chi connectivity index (χ0v) is 19.8. The van der Waals surface area contributed by atoms with Gasteiger partial charge < -0.3 is 14.4 Å². The molecule has 1 unspecified atom stereocenters. The third-order valence-corrected chi connectivity index (χ3v) is 6.36. The smallest absolute Gasteiger partial charge is 0.233 e. The molecule has 5 heteroatoms. The largest absolute Gasteiger partial charge is 0.493 e. The van der Waals surface area contributed by atoms with Crippen molar-refractivity contribution in [2.75, 3.05) is 12.9 Å². The molecule has 0 saturated carbocycles. The van der Waals surface area contributed by atoms with Crippen LogP contribution in [0, 0.1) is 0 Å². The maximum atomic E-state index is 13.1. The van der Waals surface area contributed by atoms with E-state index in [4.69, 9.17) is 9.47 Å². The topological polar surface area (TPSA) is 38.8 Å². The van der Waals surface area contributed by atoms with Crippen LogP contribution in [0.25, 0.3) is 0 Å². The Morgan fingerprint density at radius 1 is 0.938 bits per heavy atom. The molecular weight excluding hydrogens is 418 g/mol. The van der Waals surface area contributed by atoms with E-state index in [1.807, 2.05) is 83.8 Å². The number of carbonyl (C=O) groups is 1. The van der Waals surface area contributed by atoms with Gasteiger partial charge in [-0.1, -0.05) is 61.5 Å². The molecular formula is C27H31NO3S. The monoisotopic (exact) mass is 449 g/mol. The normalized spacial score (nSPS) is 11.6. The van der Waals surface area contributed by atoms with Crippen LogP contribution in [0.2, 0.25) is 0 Å². The molecule has 0 aliphatic carbocycles. The molecule has 1 amide bonds.